The van der Waals surface area contributed by atoms with Gasteiger partial charge in [0.2, 0.25) is 0 Å². The van der Waals surface area contributed by atoms with Gasteiger partial charge in [0, 0.05) is 29.7 Å². The molecule has 2 amide bonds. The van der Waals surface area contributed by atoms with E-state index < -0.39 is 5.82 Å². The summed E-state index contributed by atoms with van der Waals surface area (Å²) in [7, 11) is 0. The summed E-state index contributed by atoms with van der Waals surface area (Å²) < 4.78 is 15.1. The van der Waals surface area contributed by atoms with E-state index in [4.69, 9.17) is 0 Å². The molecule has 0 aliphatic rings. The molecule has 0 radical (unpaired) electrons. The fraction of sp³-hybridized carbons (Fsp3) is 0.0417. The number of para-hydroxylation sites is 1. The highest BCUT2D eigenvalue weighted by Crippen LogP contribution is 2.14. The Labute approximate surface area is 178 Å². The van der Waals surface area contributed by atoms with E-state index in [1.54, 1.807) is 35.3 Å². The molecule has 1 aromatic heterocycles. The van der Waals surface area contributed by atoms with E-state index in [1.807, 2.05) is 42.5 Å². The van der Waals surface area contributed by atoms with Crippen molar-refractivity contribution in [3.63, 3.8) is 0 Å². The molecule has 154 valence electrons. The first-order valence-corrected chi connectivity index (χ1v) is 9.61. The summed E-state index contributed by atoms with van der Waals surface area (Å²) in [6, 6.07) is 22.0. The largest absolute Gasteiger partial charge is 0.332 e. The Kier molecular flexibility index (Phi) is 5.84. The number of hydrogen-bond donors (Lipinski definition) is 2. The van der Waals surface area contributed by atoms with E-state index >= 15 is 0 Å². The Morgan fingerprint density at radius 2 is 1.55 bits per heavy atom. The SMILES string of the molecule is O=C(Nc1ccc(Cn2cnc(C(=O)Nc3ccccc3)c2)cc1)c1cccc(F)c1. The van der Waals surface area contributed by atoms with Crippen molar-refractivity contribution in [3.05, 3.63) is 114 Å². The van der Waals surface area contributed by atoms with Crippen molar-refractivity contribution in [3.8, 4) is 0 Å². The van der Waals surface area contributed by atoms with Gasteiger partial charge in [-0.1, -0.05) is 36.4 Å². The number of hydrogen-bond acceptors (Lipinski definition) is 3. The maximum absolute atomic E-state index is 13.3. The second-order valence-electron chi connectivity index (χ2n) is 6.91. The minimum Gasteiger partial charge on any atom is -0.332 e. The van der Waals surface area contributed by atoms with Crippen molar-refractivity contribution in [2.24, 2.45) is 0 Å². The van der Waals surface area contributed by atoms with Gasteiger partial charge < -0.3 is 15.2 Å². The third-order valence-corrected chi connectivity index (χ3v) is 4.56. The second-order valence-corrected chi connectivity index (χ2v) is 6.91. The number of anilines is 2. The maximum atomic E-state index is 13.3. The highest BCUT2D eigenvalue weighted by atomic mass is 19.1. The quantitative estimate of drug-likeness (QED) is 0.485. The molecule has 0 atom stereocenters. The standard InChI is InChI=1S/C24H19FN4O2/c25-19-6-4-5-18(13-19)23(30)27-21-11-9-17(10-12-21)14-29-15-22(26-16-29)24(31)28-20-7-2-1-3-8-20/h1-13,15-16H,14H2,(H,27,30)(H,28,31). The first kappa shape index (κ1) is 20.0. The van der Waals surface area contributed by atoms with Crippen LogP contribution in [0.4, 0.5) is 15.8 Å². The van der Waals surface area contributed by atoms with Crippen LogP contribution in [0.25, 0.3) is 0 Å². The van der Waals surface area contributed by atoms with Crippen LogP contribution in [-0.2, 0) is 6.54 Å². The van der Waals surface area contributed by atoms with Crippen LogP contribution >= 0.6 is 0 Å². The van der Waals surface area contributed by atoms with Crippen molar-refractivity contribution in [2.75, 3.05) is 10.6 Å². The van der Waals surface area contributed by atoms with Crippen molar-refractivity contribution in [1.82, 2.24) is 9.55 Å². The highest BCUT2D eigenvalue weighted by Gasteiger charge is 2.10. The fourth-order valence-corrected chi connectivity index (χ4v) is 3.02. The Bertz CT molecular complexity index is 1200. The van der Waals surface area contributed by atoms with Gasteiger partial charge in [-0.05, 0) is 48.0 Å². The van der Waals surface area contributed by atoms with Crippen LogP contribution in [0.3, 0.4) is 0 Å². The molecule has 0 unspecified atom stereocenters. The Morgan fingerprint density at radius 1 is 0.839 bits per heavy atom. The lowest BCUT2D eigenvalue weighted by Crippen LogP contribution is -2.12. The molecule has 4 aromatic rings. The first-order valence-electron chi connectivity index (χ1n) is 9.61. The van der Waals surface area contributed by atoms with Gasteiger partial charge in [-0.3, -0.25) is 9.59 Å². The monoisotopic (exact) mass is 414 g/mol. The summed E-state index contributed by atoms with van der Waals surface area (Å²) in [5.74, 6) is -1.11. The summed E-state index contributed by atoms with van der Waals surface area (Å²) in [4.78, 5) is 28.7. The normalized spacial score (nSPS) is 10.5. The maximum Gasteiger partial charge on any atom is 0.275 e. The number of nitrogens with zero attached hydrogens (tertiary/aromatic N) is 2. The molecule has 0 aliphatic carbocycles. The molecule has 7 heteroatoms. The van der Waals surface area contributed by atoms with Crippen molar-refractivity contribution in [1.29, 1.82) is 0 Å². The lowest BCUT2D eigenvalue weighted by Gasteiger charge is -2.07. The molecular formula is C24H19FN4O2. The van der Waals surface area contributed by atoms with Crippen LogP contribution in [0.5, 0.6) is 0 Å². The van der Waals surface area contributed by atoms with Gasteiger partial charge in [-0.25, -0.2) is 9.37 Å². The summed E-state index contributed by atoms with van der Waals surface area (Å²) >= 11 is 0. The van der Waals surface area contributed by atoms with Gasteiger partial charge in [-0.15, -0.1) is 0 Å². The average Bonchev–Trinajstić information content (AvgIpc) is 3.24. The fourth-order valence-electron chi connectivity index (χ4n) is 3.02. The molecule has 0 fully saturated rings. The molecule has 0 bridgehead atoms. The Balaban J connectivity index is 1.36. The predicted octanol–water partition coefficient (Wildman–Crippen LogP) is 4.58. The number of imidazole rings is 1. The zero-order chi connectivity index (χ0) is 21.6. The molecule has 6 nitrogen and oxygen atoms in total. The summed E-state index contributed by atoms with van der Waals surface area (Å²) in [6.07, 6.45) is 3.28. The molecule has 31 heavy (non-hydrogen) atoms. The number of amides is 2. The van der Waals surface area contributed by atoms with Crippen LogP contribution < -0.4 is 10.6 Å². The minimum absolute atomic E-state index is 0.254. The van der Waals surface area contributed by atoms with Crippen LogP contribution in [0.15, 0.2) is 91.4 Å². The zero-order valence-electron chi connectivity index (χ0n) is 16.5. The van der Waals surface area contributed by atoms with Gasteiger partial charge >= 0.3 is 0 Å². The van der Waals surface area contributed by atoms with Crippen LogP contribution in [0, 0.1) is 5.82 Å². The molecule has 4 rings (SSSR count). The molecule has 2 N–H and O–H groups in total. The number of aromatic nitrogens is 2. The average molecular weight is 414 g/mol. The zero-order valence-corrected chi connectivity index (χ0v) is 16.5. The van der Waals surface area contributed by atoms with E-state index in [2.05, 4.69) is 15.6 Å². The first-order chi connectivity index (χ1) is 15.1. The number of carbonyl (C=O) groups is 2. The summed E-state index contributed by atoms with van der Waals surface area (Å²) in [5.41, 5.74) is 2.85. The van der Waals surface area contributed by atoms with E-state index in [0.29, 0.717) is 23.6 Å². The van der Waals surface area contributed by atoms with Crippen LogP contribution in [0.1, 0.15) is 26.4 Å². The number of nitrogens with one attached hydrogen (secondary N) is 2. The molecule has 3 aromatic carbocycles. The van der Waals surface area contributed by atoms with Gasteiger partial charge in [0.05, 0.1) is 6.33 Å². The molecule has 0 aliphatic heterocycles. The third kappa shape index (κ3) is 5.22. The smallest absolute Gasteiger partial charge is 0.275 e. The van der Waals surface area contributed by atoms with Crippen LogP contribution in [-0.4, -0.2) is 21.4 Å². The van der Waals surface area contributed by atoms with Crippen molar-refractivity contribution >= 4 is 23.2 Å². The Hall–Kier alpha value is -4.26. The third-order valence-electron chi connectivity index (χ3n) is 4.56. The van der Waals surface area contributed by atoms with Gasteiger partial charge in [0.1, 0.15) is 11.5 Å². The molecular weight excluding hydrogens is 395 g/mol. The Morgan fingerprint density at radius 3 is 2.29 bits per heavy atom. The molecule has 0 saturated carbocycles. The summed E-state index contributed by atoms with van der Waals surface area (Å²) in [5, 5.41) is 5.54. The molecule has 0 saturated heterocycles. The number of rotatable bonds is 6. The topological polar surface area (TPSA) is 76.0 Å². The van der Waals surface area contributed by atoms with Crippen LogP contribution in [0.2, 0.25) is 0 Å². The van der Waals surface area contributed by atoms with E-state index in [-0.39, 0.29) is 17.4 Å². The van der Waals surface area contributed by atoms with Crippen molar-refractivity contribution in [2.45, 2.75) is 6.54 Å². The number of benzene rings is 3. The van der Waals surface area contributed by atoms with Gasteiger partial charge in [-0.2, -0.15) is 0 Å². The molecule has 1 heterocycles. The predicted molar refractivity (Wildman–Crippen MR) is 117 cm³/mol. The minimum atomic E-state index is -0.458. The second kappa shape index (κ2) is 9.04. The number of halogens is 1. The van der Waals surface area contributed by atoms with Gasteiger partial charge in [0.15, 0.2) is 0 Å². The van der Waals surface area contributed by atoms with E-state index in [0.717, 1.165) is 5.56 Å². The number of carbonyl (C=O) groups excluding carboxylic acids is 2. The molecule has 0 spiro atoms. The van der Waals surface area contributed by atoms with Crippen molar-refractivity contribution < 1.29 is 14.0 Å². The summed E-state index contributed by atoms with van der Waals surface area (Å²) in [6.45, 7) is 0.518. The highest BCUT2D eigenvalue weighted by molar-refractivity contribution is 6.04. The van der Waals surface area contributed by atoms with E-state index in [1.165, 1.54) is 18.2 Å². The lowest BCUT2D eigenvalue weighted by molar-refractivity contribution is 0.101. The lowest BCUT2D eigenvalue weighted by atomic mass is 10.1. The van der Waals surface area contributed by atoms with E-state index in [9.17, 15) is 14.0 Å². The van der Waals surface area contributed by atoms with Gasteiger partial charge in [0.25, 0.3) is 11.8 Å².